The van der Waals surface area contributed by atoms with Crippen LogP contribution in [0, 0.1) is 0 Å². The third-order valence-electron chi connectivity index (χ3n) is 6.38. The smallest absolute Gasteiger partial charge is 0.341 e. The van der Waals surface area contributed by atoms with Gasteiger partial charge in [-0.2, -0.15) is 4.99 Å². The molecular formula is C27H32ClN3O7S3. The summed E-state index contributed by atoms with van der Waals surface area (Å²) < 4.78 is 38.9. The van der Waals surface area contributed by atoms with E-state index in [9.17, 15) is 22.8 Å². The molecule has 0 saturated heterocycles. The SMILES string of the molecule is CCOCCn1c(=NC(=O)CS(=O)(=O)CC(=O)Nc2sc3c(c2C(=O)OCC)CCCCC3)sc2cc(Cl)ccc21. The Bertz CT molecular complexity index is 1620. The van der Waals surface area contributed by atoms with Gasteiger partial charge in [0.2, 0.25) is 5.91 Å². The first-order valence-electron chi connectivity index (χ1n) is 13.4. The average molecular weight is 642 g/mol. The van der Waals surface area contributed by atoms with E-state index in [1.54, 1.807) is 29.7 Å². The molecule has 0 fully saturated rings. The van der Waals surface area contributed by atoms with Gasteiger partial charge in [0.1, 0.15) is 16.5 Å². The first-order valence-corrected chi connectivity index (χ1v) is 17.2. The number of anilines is 1. The van der Waals surface area contributed by atoms with E-state index in [1.807, 2.05) is 6.92 Å². The van der Waals surface area contributed by atoms with Gasteiger partial charge in [0, 0.05) is 23.1 Å². The van der Waals surface area contributed by atoms with Crippen molar-refractivity contribution in [1.82, 2.24) is 4.57 Å². The number of halogens is 1. The average Bonchev–Trinajstić information content (AvgIpc) is 3.29. The van der Waals surface area contributed by atoms with E-state index >= 15 is 0 Å². The topological polar surface area (TPSA) is 133 Å². The molecule has 0 spiro atoms. The van der Waals surface area contributed by atoms with Crippen molar-refractivity contribution in [1.29, 1.82) is 0 Å². The molecule has 14 heteroatoms. The molecule has 3 aromatic rings. The first kappa shape index (κ1) is 31.4. The number of nitrogens with one attached hydrogen (secondary N) is 1. The Morgan fingerprint density at radius 3 is 2.61 bits per heavy atom. The summed E-state index contributed by atoms with van der Waals surface area (Å²) in [5, 5.41) is 3.40. The van der Waals surface area contributed by atoms with Crippen molar-refractivity contribution in [3.63, 3.8) is 0 Å². The van der Waals surface area contributed by atoms with Crippen LogP contribution in [-0.4, -0.2) is 62.1 Å². The number of hydrogen-bond acceptors (Lipinski definition) is 9. The van der Waals surface area contributed by atoms with Crippen LogP contribution >= 0.6 is 34.3 Å². The summed E-state index contributed by atoms with van der Waals surface area (Å²) >= 11 is 8.60. The summed E-state index contributed by atoms with van der Waals surface area (Å²) in [5.41, 5.74) is 1.95. The number of esters is 1. The van der Waals surface area contributed by atoms with Crippen LogP contribution in [0.2, 0.25) is 5.02 Å². The molecule has 0 aliphatic heterocycles. The van der Waals surface area contributed by atoms with Crippen LogP contribution in [0.25, 0.3) is 10.2 Å². The van der Waals surface area contributed by atoms with E-state index < -0.39 is 39.1 Å². The molecule has 0 unspecified atom stereocenters. The van der Waals surface area contributed by atoms with Gasteiger partial charge in [0.15, 0.2) is 14.6 Å². The minimum absolute atomic E-state index is 0.176. The summed E-state index contributed by atoms with van der Waals surface area (Å²) in [5.74, 6) is -4.13. The number of carbonyl (C=O) groups is 3. The van der Waals surface area contributed by atoms with Crippen LogP contribution in [0.1, 0.15) is 53.9 Å². The van der Waals surface area contributed by atoms with Gasteiger partial charge in [0.05, 0.1) is 29.0 Å². The first-order chi connectivity index (χ1) is 19.6. The largest absolute Gasteiger partial charge is 0.462 e. The molecule has 4 rings (SSSR count). The third-order valence-corrected chi connectivity index (χ3v) is 10.2. The number of benzene rings is 1. The van der Waals surface area contributed by atoms with Crippen LogP contribution in [0.15, 0.2) is 23.2 Å². The van der Waals surface area contributed by atoms with Crippen LogP contribution < -0.4 is 10.1 Å². The Morgan fingerprint density at radius 2 is 1.85 bits per heavy atom. The maximum atomic E-state index is 12.8. The summed E-state index contributed by atoms with van der Waals surface area (Å²) in [4.78, 5) is 43.7. The van der Waals surface area contributed by atoms with Gasteiger partial charge in [-0.15, -0.1) is 11.3 Å². The van der Waals surface area contributed by atoms with Gasteiger partial charge >= 0.3 is 5.97 Å². The number of fused-ring (bicyclic) bond motifs is 2. The fourth-order valence-corrected chi connectivity index (χ4v) is 8.30. The van der Waals surface area contributed by atoms with E-state index in [2.05, 4.69) is 10.3 Å². The predicted molar refractivity (Wildman–Crippen MR) is 161 cm³/mol. The summed E-state index contributed by atoms with van der Waals surface area (Å²) in [6.07, 6.45) is 4.41. The summed E-state index contributed by atoms with van der Waals surface area (Å²) in [6.45, 7) is 5.06. The minimum Gasteiger partial charge on any atom is -0.462 e. The molecule has 2 amide bonds. The lowest BCUT2D eigenvalue weighted by molar-refractivity contribution is -0.115. The monoisotopic (exact) mass is 641 g/mol. The number of aryl methyl sites for hydroxylation is 1. The van der Waals surface area contributed by atoms with Crippen molar-refractivity contribution in [2.24, 2.45) is 4.99 Å². The number of carbonyl (C=O) groups excluding carboxylic acids is 3. The fraction of sp³-hybridized carbons (Fsp3) is 0.481. The van der Waals surface area contributed by atoms with Crippen LogP contribution in [-0.2, 0) is 48.3 Å². The minimum atomic E-state index is -4.16. The van der Waals surface area contributed by atoms with Crippen LogP contribution in [0.3, 0.4) is 0 Å². The van der Waals surface area contributed by atoms with E-state index in [1.165, 1.54) is 22.7 Å². The lowest BCUT2D eigenvalue weighted by Crippen LogP contribution is -2.28. The number of aromatic nitrogens is 1. The van der Waals surface area contributed by atoms with Crippen LogP contribution in [0.5, 0.6) is 0 Å². The Kier molecular flexibility index (Phi) is 10.8. The Balaban J connectivity index is 1.51. The van der Waals surface area contributed by atoms with Crippen LogP contribution in [0.4, 0.5) is 5.00 Å². The summed E-state index contributed by atoms with van der Waals surface area (Å²) in [7, 11) is -4.16. The maximum Gasteiger partial charge on any atom is 0.341 e. The molecule has 41 heavy (non-hydrogen) atoms. The van der Waals surface area contributed by atoms with Gasteiger partial charge < -0.3 is 19.4 Å². The van der Waals surface area contributed by atoms with Crippen molar-refractivity contribution in [2.75, 3.05) is 36.6 Å². The second-order valence-electron chi connectivity index (χ2n) is 9.42. The van der Waals surface area contributed by atoms with E-state index in [-0.39, 0.29) is 11.6 Å². The van der Waals surface area contributed by atoms with Crippen molar-refractivity contribution in [3.05, 3.63) is 44.0 Å². The molecular weight excluding hydrogens is 610 g/mol. The molecule has 1 N–H and O–H groups in total. The molecule has 2 heterocycles. The molecule has 2 aromatic heterocycles. The Hall–Kier alpha value is -2.58. The van der Waals surface area contributed by atoms with Gasteiger partial charge in [-0.3, -0.25) is 9.59 Å². The predicted octanol–water partition coefficient (Wildman–Crippen LogP) is 4.38. The number of nitrogens with zero attached hydrogens (tertiary/aromatic N) is 2. The molecule has 1 aliphatic rings. The number of thiophene rings is 1. The lowest BCUT2D eigenvalue weighted by atomic mass is 10.1. The molecule has 0 atom stereocenters. The number of thiazole rings is 1. The Labute approximate surface area is 251 Å². The number of amides is 2. The zero-order valence-electron chi connectivity index (χ0n) is 22.9. The van der Waals surface area contributed by atoms with E-state index in [0.717, 1.165) is 46.3 Å². The van der Waals surface area contributed by atoms with Gasteiger partial charge in [0.25, 0.3) is 5.91 Å². The molecule has 1 aliphatic carbocycles. The highest BCUT2D eigenvalue weighted by molar-refractivity contribution is 7.92. The highest BCUT2D eigenvalue weighted by Gasteiger charge is 2.28. The van der Waals surface area contributed by atoms with E-state index in [0.29, 0.717) is 41.6 Å². The van der Waals surface area contributed by atoms with Crippen molar-refractivity contribution < 1.29 is 32.3 Å². The lowest BCUT2D eigenvalue weighted by Gasteiger charge is -2.08. The normalized spacial score (nSPS) is 14.1. The molecule has 0 radical (unpaired) electrons. The molecule has 0 bridgehead atoms. The molecule has 222 valence electrons. The van der Waals surface area contributed by atoms with Crippen molar-refractivity contribution in [2.45, 2.75) is 52.5 Å². The Morgan fingerprint density at radius 1 is 1.07 bits per heavy atom. The zero-order valence-corrected chi connectivity index (χ0v) is 26.1. The van der Waals surface area contributed by atoms with Crippen molar-refractivity contribution >= 4 is 77.1 Å². The number of ether oxygens (including phenoxy) is 2. The second-order valence-corrected chi connectivity index (χ2v) is 14.0. The van der Waals surface area contributed by atoms with Gasteiger partial charge in [-0.25, -0.2) is 13.2 Å². The number of sulfone groups is 1. The zero-order chi connectivity index (χ0) is 29.6. The standard InChI is InChI=1S/C27H32ClN3O7S3/c1-3-37-13-12-31-19-11-10-17(28)14-21(19)40-27(31)30-23(33)16-41(35,36)15-22(32)29-25-24(26(34)38-4-2)18-8-6-5-7-9-20(18)39-25/h10-11,14H,3-9,12-13,15-16H2,1-2H3,(H,29,32). The molecule has 0 saturated carbocycles. The molecule has 1 aromatic carbocycles. The third kappa shape index (κ3) is 8.04. The highest BCUT2D eigenvalue weighted by atomic mass is 35.5. The quantitative estimate of drug-likeness (QED) is 0.187. The fourth-order valence-electron chi connectivity index (χ4n) is 4.64. The molecule has 10 nitrogen and oxygen atoms in total. The number of rotatable bonds is 11. The van der Waals surface area contributed by atoms with Gasteiger partial charge in [-0.1, -0.05) is 29.4 Å². The summed E-state index contributed by atoms with van der Waals surface area (Å²) in [6, 6.07) is 5.28. The van der Waals surface area contributed by atoms with Gasteiger partial charge in [-0.05, 0) is 63.3 Å². The second kappa shape index (κ2) is 14.1. The number of hydrogen-bond donors (Lipinski definition) is 1. The van der Waals surface area contributed by atoms with Crippen molar-refractivity contribution in [3.8, 4) is 0 Å². The van der Waals surface area contributed by atoms with E-state index in [4.69, 9.17) is 21.1 Å². The maximum absolute atomic E-state index is 12.8. The highest BCUT2D eigenvalue weighted by Crippen LogP contribution is 2.38.